The highest BCUT2D eigenvalue weighted by atomic mass is 16.2. The summed E-state index contributed by atoms with van der Waals surface area (Å²) in [6, 6.07) is 8.22. The van der Waals surface area contributed by atoms with Crippen molar-refractivity contribution in [2.24, 2.45) is 0 Å². The van der Waals surface area contributed by atoms with E-state index in [0.29, 0.717) is 18.8 Å². The van der Waals surface area contributed by atoms with Crippen molar-refractivity contribution in [2.45, 2.75) is 26.1 Å². The Labute approximate surface area is 117 Å². The molecule has 0 atom stereocenters. The van der Waals surface area contributed by atoms with E-state index in [-0.39, 0.29) is 5.91 Å². The normalized spacial score (nSPS) is 16.9. The van der Waals surface area contributed by atoms with Gasteiger partial charge in [0.2, 0.25) is 0 Å². The minimum absolute atomic E-state index is 0.0300. The van der Waals surface area contributed by atoms with Crippen molar-refractivity contribution >= 4 is 5.91 Å². The zero-order chi connectivity index (χ0) is 13.5. The fraction of sp³-hybridized carbons (Fsp3) is 0.333. The molecule has 1 amide bonds. The second-order valence-corrected chi connectivity index (χ2v) is 5.39. The maximum Gasteiger partial charge on any atom is 0.275 e. The molecule has 0 unspecified atom stereocenters. The minimum atomic E-state index is 0.0300. The Kier molecular flexibility index (Phi) is 2.60. The van der Waals surface area contributed by atoms with Gasteiger partial charge in [0.1, 0.15) is 0 Å². The highest BCUT2D eigenvalue weighted by Gasteiger charge is 2.29. The van der Waals surface area contributed by atoms with Gasteiger partial charge in [-0.25, -0.2) is 0 Å². The molecule has 1 aromatic heterocycles. The molecule has 0 aliphatic carbocycles. The number of carbonyl (C=O) groups is 1. The number of hydrogen-bond donors (Lipinski definition) is 2. The zero-order valence-corrected chi connectivity index (χ0v) is 11.1. The van der Waals surface area contributed by atoms with E-state index in [1.165, 1.54) is 11.1 Å². The number of aromatic amines is 1. The summed E-state index contributed by atoms with van der Waals surface area (Å²) in [6.07, 6.45) is 0.913. The van der Waals surface area contributed by atoms with Gasteiger partial charge in [-0.15, -0.1) is 0 Å². The largest absolute Gasteiger partial charge is 0.329 e. The molecule has 20 heavy (non-hydrogen) atoms. The van der Waals surface area contributed by atoms with E-state index in [2.05, 4.69) is 27.6 Å². The summed E-state index contributed by atoms with van der Waals surface area (Å²) in [7, 11) is 0. The van der Waals surface area contributed by atoms with Crippen LogP contribution in [-0.4, -0.2) is 27.5 Å². The van der Waals surface area contributed by atoms with Crippen LogP contribution in [0.1, 0.15) is 32.9 Å². The lowest BCUT2D eigenvalue weighted by Crippen LogP contribution is -2.29. The molecule has 3 heterocycles. The maximum absolute atomic E-state index is 12.7. The van der Waals surface area contributed by atoms with Gasteiger partial charge in [-0.05, 0) is 11.1 Å². The smallest absolute Gasteiger partial charge is 0.275 e. The number of nitrogens with zero attached hydrogens (tertiary/aromatic N) is 2. The third kappa shape index (κ3) is 1.74. The standard InChI is InChI=1S/C15H16N4O/c20-15(14-12-7-16-6-5-13(12)17-18-14)19-8-10-3-1-2-4-11(10)9-19/h1-4,16H,5-9H2,(H,17,18). The first-order valence-electron chi connectivity index (χ1n) is 6.96. The monoisotopic (exact) mass is 268 g/mol. The summed E-state index contributed by atoms with van der Waals surface area (Å²) in [5.41, 5.74) is 5.20. The minimum Gasteiger partial charge on any atom is -0.329 e. The number of amides is 1. The van der Waals surface area contributed by atoms with E-state index in [1.54, 1.807) is 0 Å². The summed E-state index contributed by atoms with van der Waals surface area (Å²) < 4.78 is 0. The Morgan fingerprint density at radius 1 is 1.20 bits per heavy atom. The Hall–Kier alpha value is -2.14. The molecule has 0 radical (unpaired) electrons. The molecule has 0 bridgehead atoms. The van der Waals surface area contributed by atoms with Crippen LogP contribution in [0.25, 0.3) is 0 Å². The van der Waals surface area contributed by atoms with Crippen molar-refractivity contribution in [2.75, 3.05) is 6.54 Å². The molecule has 0 spiro atoms. The van der Waals surface area contributed by atoms with Crippen molar-refractivity contribution < 1.29 is 4.79 Å². The van der Waals surface area contributed by atoms with Crippen molar-refractivity contribution in [3.05, 3.63) is 52.3 Å². The highest BCUT2D eigenvalue weighted by molar-refractivity contribution is 5.94. The third-order valence-corrected chi connectivity index (χ3v) is 4.14. The molecule has 5 nitrogen and oxygen atoms in total. The fourth-order valence-corrected chi connectivity index (χ4v) is 3.03. The van der Waals surface area contributed by atoms with Crippen molar-refractivity contribution in [3.8, 4) is 0 Å². The quantitative estimate of drug-likeness (QED) is 0.817. The van der Waals surface area contributed by atoms with Gasteiger partial charge in [0, 0.05) is 43.9 Å². The van der Waals surface area contributed by atoms with Gasteiger partial charge in [-0.1, -0.05) is 24.3 Å². The van der Waals surface area contributed by atoms with Crippen LogP contribution in [-0.2, 0) is 26.1 Å². The van der Waals surface area contributed by atoms with Gasteiger partial charge < -0.3 is 10.2 Å². The van der Waals surface area contributed by atoms with Gasteiger partial charge in [0.25, 0.3) is 5.91 Å². The Bertz CT molecular complexity index is 651. The number of rotatable bonds is 1. The molecule has 1 aromatic carbocycles. The van der Waals surface area contributed by atoms with Gasteiger partial charge in [0.05, 0.1) is 0 Å². The molecule has 4 rings (SSSR count). The predicted molar refractivity (Wildman–Crippen MR) is 74.0 cm³/mol. The predicted octanol–water partition coefficient (Wildman–Crippen LogP) is 1.21. The van der Waals surface area contributed by atoms with Crippen molar-refractivity contribution in [3.63, 3.8) is 0 Å². The summed E-state index contributed by atoms with van der Waals surface area (Å²) in [4.78, 5) is 14.5. The van der Waals surface area contributed by atoms with Crippen LogP contribution in [0, 0.1) is 0 Å². The first kappa shape index (κ1) is 11.7. The van der Waals surface area contributed by atoms with Crippen LogP contribution in [0.15, 0.2) is 24.3 Å². The molecule has 5 heteroatoms. The Balaban J connectivity index is 1.62. The Morgan fingerprint density at radius 2 is 1.95 bits per heavy atom. The van der Waals surface area contributed by atoms with E-state index in [4.69, 9.17) is 0 Å². The van der Waals surface area contributed by atoms with Crippen LogP contribution < -0.4 is 5.32 Å². The Morgan fingerprint density at radius 3 is 2.70 bits per heavy atom. The van der Waals surface area contributed by atoms with Crippen LogP contribution in [0.2, 0.25) is 0 Å². The lowest BCUT2D eigenvalue weighted by molar-refractivity contribution is 0.0744. The first-order chi connectivity index (χ1) is 9.83. The van der Waals surface area contributed by atoms with Crippen molar-refractivity contribution in [1.82, 2.24) is 20.4 Å². The topological polar surface area (TPSA) is 61.0 Å². The van der Waals surface area contributed by atoms with Crippen LogP contribution in [0.5, 0.6) is 0 Å². The lowest BCUT2D eigenvalue weighted by atomic mass is 10.1. The lowest BCUT2D eigenvalue weighted by Gasteiger charge is -2.17. The van der Waals surface area contributed by atoms with E-state index in [0.717, 1.165) is 30.8 Å². The number of carbonyl (C=O) groups excluding carboxylic acids is 1. The van der Waals surface area contributed by atoms with Gasteiger partial charge in [-0.3, -0.25) is 9.89 Å². The van der Waals surface area contributed by atoms with Gasteiger partial charge >= 0.3 is 0 Å². The average molecular weight is 268 g/mol. The molecule has 2 aliphatic rings. The summed E-state index contributed by atoms with van der Waals surface area (Å²) in [6.45, 7) is 3.04. The van der Waals surface area contributed by atoms with Gasteiger partial charge in [0.15, 0.2) is 5.69 Å². The van der Waals surface area contributed by atoms with E-state index in [9.17, 15) is 4.79 Å². The molecule has 2 N–H and O–H groups in total. The van der Waals surface area contributed by atoms with Crippen LogP contribution in [0.3, 0.4) is 0 Å². The maximum atomic E-state index is 12.7. The number of hydrogen-bond acceptors (Lipinski definition) is 3. The highest BCUT2D eigenvalue weighted by Crippen LogP contribution is 2.25. The summed E-state index contributed by atoms with van der Waals surface area (Å²) in [5.74, 6) is 0.0300. The van der Waals surface area contributed by atoms with E-state index >= 15 is 0 Å². The average Bonchev–Trinajstić information content (AvgIpc) is 3.10. The van der Waals surface area contributed by atoms with Crippen LogP contribution in [0.4, 0.5) is 0 Å². The number of nitrogens with one attached hydrogen (secondary N) is 2. The van der Waals surface area contributed by atoms with E-state index < -0.39 is 0 Å². The van der Waals surface area contributed by atoms with Crippen LogP contribution >= 0.6 is 0 Å². The molecule has 2 aromatic rings. The SMILES string of the molecule is O=C(c1n[nH]c2c1CNCC2)N1Cc2ccccc2C1. The molecule has 0 saturated heterocycles. The third-order valence-electron chi connectivity index (χ3n) is 4.14. The number of aromatic nitrogens is 2. The molecule has 2 aliphatic heterocycles. The summed E-state index contributed by atoms with van der Waals surface area (Å²) in [5, 5.41) is 10.6. The molecule has 0 saturated carbocycles. The molecule has 0 fully saturated rings. The van der Waals surface area contributed by atoms with Crippen molar-refractivity contribution in [1.29, 1.82) is 0 Å². The zero-order valence-electron chi connectivity index (χ0n) is 11.1. The van der Waals surface area contributed by atoms with Gasteiger partial charge in [-0.2, -0.15) is 5.10 Å². The second-order valence-electron chi connectivity index (χ2n) is 5.39. The van der Waals surface area contributed by atoms with E-state index in [1.807, 2.05) is 17.0 Å². The molecular formula is C15H16N4O. The second kappa shape index (κ2) is 4.45. The molecule has 102 valence electrons. The molecular weight excluding hydrogens is 252 g/mol. The number of fused-ring (bicyclic) bond motifs is 2. The summed E-state index contributed by atoms with van der Waals surface area (Å²) >= 11 is 0. The number of H-pyrrole nitrogens is 1. The number of benzene rings is 1. The first-order valence-corrected chi connectivity index (χ1v) is 6.96. The fourth-order valence-electron chi connectivity index (χ4n) is 3.03.